The van der Waals surface area contributed by atoms with E-state index in [1.165, 1.54) is 18.1 Å². The molecule has 0 spiro atoms. The van der Waals surface area contributed by atoms with E-state index in [0.717, 1.165) is 4.47 Å². The molecular weight excluding hydrogens is 365 g/mol. The molecule has 2 rings (SSSR count). The van der Waals surface area contributed by atoms with Crippen LogP contribution in [0, 0.1) is 5.82 Å². The molecule has 0 heterocycles. The number of halogens is 2. The van der Waals surface area contributed by atoms with Gasteiger partial charge in [0.1, 0.15) is 5.75 Å². The maximum Gasteiger partial charge on any atom is 0.260 e. The minimum absolute atomic E-state index is 0.0856. The van der Waals surface area contributed by atoms with Crippen LogP contribution in [0.15, 0.2) is 46.9 Å². The summed E-state index contributed by atoms with van der Waals surface area (Å²) >= 11 is 3.36. The summed E-state index contributed by atoms with van der Waals surface area (Å²) in [6.45, 7) is 0.205. The van der Waals surface area contributed by atoms with Crippen LogP contribution in [0.2, 0.25) is 0 Å². The van der Waals surface area contributed by atoms with Gasteiger partial charge in [-0.2, -0.15) is 0 Å². The highest BCUT2D eigenvalue weighted by molar-refractivity contribution is 9.10. The van der Waals surface area contributed by atoms with E-state index in [4.69, 9.17) is 9.47 Å². The number of para-hydroxylation sites is 1. The van der Waals surface area contributed by atoms with Crippen LogP contribution in [-0.2, 0) is 11.3 Å². The summed E-state index contributed by atoms with van der Waals surface area (Å²) in [5, 5.41) is 0. The molecule has 0 aliphatic heterocycles. The van der Waals surface area contributed by atoms with Gasteiger partial charge in [-0.05, 0) is 45.8 Å². The fourth-order valence-electron chi connectivity index (χ4n) is 1.98. The molecule has 0 aliphatic carbocycles. The van der Waals surface area contributed by atoms with Crippen molar-refractivity contribution in [2.75, 3.05) is 20.8 Å². The summed E-state index contributed by atoms with van der Waals surface area (Å²) in [6.07, 6.45) is 0. The van der Waals surface area contributed by atoms with Crippen molar-refractivity contribution >= 4 is 21.8 Å². The van der Waals surface area contributed by atoms with E-state index < -0.39 is 5.82 Å². The number of likely N-dealkylation sites (N-methyl/N-ethyl adjacent to an activating group) is 1. The van der Waals surface area contributed by atoms with Crippen LogP contribution in [-0.4, -0.2) is 31.6 Å². The summed E-state index contributed by atoms with van der Waals surface area (Å²) in [6, 6.07) is 11.9. The fourth-order valence-corrected chi connectivity index (χ4v) is 2.38. The summed E-state index contributed by atoms with van der Waals surface area (Å²) in [4.78, 5) is 13.6. The molecule has 4 nitrogen and oxygen atoms in total. The SMILES string of the molecule is COc1ccc(CN(C)C(=O)COc2ccccc2Br)cc1F. The van der Waals surface area contributed by atoms with Crippen LogP contribution in [0.25, 0.3) is 0 Å². The van der Waals surface area contributed by atoms with E-state index in [0.29, 0.717) is 17.9 Å². The average Bonchev–Trinajstić information content (AvgIpc) is 2.54. The van der Waals surface area contributed by atoms with E-state index in [9.17, 15) is 9.18 Å². The number of amides is 1. The minimum Gasteiger partial charge on any atom is -0.494 e. The van der Waals surface area contributed by atoms with Crippen molar-refractivity contribution in [3.8, 4) is 11.5 Å². The number of nitrogens with zero attached hydrogens (tertiary/aromatic N) is 1. The molecule has 0 saturated carbocycles. The Balaban J connectivity index is 1.92. The van der Waals surface area contributed by atoms with Crippen molar-refractivity contribution < 1.29 is 18.7 Å². The van der Waals surface area contributed by atoms with Crippen molar-refractivity contribution in [1.29, 1.82) is 0 Å². The van der Waals surface area contributed by atoms with Crippen molar-refractivity contribution in [2.24, 2.45) is 0 Å². The van der Waals surface area contributed by atoms with Crippen molar-refractivity contribution in [2.45, 2.75) is 6.54 Å². The van der Waals surface area contributed by atoms with Gasteiger partial charge in [0.15, 0.2) is 18.2 Å². The Hall–Kier alpha value is -2.08. The Morgan fingerprint density at radius 3 is 2.61 bits per heavy atom. The molecule has 122 valence electrons. The van der Waals surface area contributed by atoms with Gasteiger partial charge < -0.3 is 14.4 Å². The number of methoxy groups -OCH3 is 1. The highest BCUT2D eigenvalue weighted by Crippen LogP contribution is 2.23. The molecule has 0 bridgehead atoms. The van der Waals surface area contributed by atoms with E-state index in [2.05, 4.69) is 15.9 Å². The number of carbonyl (C=O) groups excluding carboxylic acids is 1. The normalized spacial score (nSPS) is 10.3. The van der Waals surface area contributed by atoms with Gasteiger partial charge in [0.2, 0.25) is 0 Å². The third kappa shape index (κ3) is 4.69. The Morgan fingerprint density at radius 1 is 1.22 bits per heavy atom. The van der Waals surface area contributed by atoms with Gasteiger partial charge in [0.05, 0.1) is 11.6 Å². The van der Waals surface area contributed by atoms with Gasteiger partial charge in [-0.25, -0.2) is 4.39 Å². The number of rotatable bonds is 6. The summed E-state index contributed by atoms with van der Waals surface area (Å²) in [5.41, 5.74) is 0.681. The van der Waals surface area contributed by atoms with E-state index in [1.807, 2.05) is 18.2 Å². The molecule has 0 unspecified atom stereocenters. The van der Waals surface area contributed by atoms with Crippen molar-refractivity contribution in [3.63, 3.8) is 0 Å². The Morgan fingerprint density at radius 2 is 1.96 bits per heavy atom. The predicted octanol–water partition coefficient (Wildman–Crippen LogP) is 3.63. The molecule has 23 heavy (non-hydrogen) atoms. The van der Waals surface area contributed by atoms with Gasteiger partial charge in [-0.3, -0.25) is 4.79 Å². The monoisotopic (exact) mass is 381 g/mol. The van der Waals surface area contributed by atoms with Crippen LogP contribution >= 0.6 is 15.9 Å². The number of carbonyl (C=O) groups is 1. The van der Waals surface area contributed by atoms with Crippen molar-refractivity contribution in [3.05, 3.63) is 58.3 Å². The summed E-state index contributed by atoms with van der Waals surface area (Å²) < 4.78 is 24.8. The molecule has 2 aromatic carbocycles. The van der Waals surface area contributed by atoms with Gasteiger partial charge in [0.25, 0.3) is 5.91 Å². The van der Waals surface area contributed by atoms with Gasteiger partial charge >= 0.3 is 0 Å². The number of benzene rings is 2. The van der Waals surface area contributed by atoms with E-state index >= 15 is 0 Å². The first-order chi connectivity index (χ1) is 11.0. The molecule has 0 atom stereocenters. The van der Waals surface area contributed by atoms with E-state index in [-0.39, 0.29) is 18.3 Å². The maximum atomic E-state index is 13.7. The second-order valence-electron chi connectivity index (χ2n) is 4.94. The second-order valence-corrected chi connectivity index (χ2v) is 5.79. The topological polar surface area (TPSA) is 38.8 Å². The average molecular weight is 382 g/mol. The first-order valence-corrected chi connectivity index (χ1v) is 7.74. The number of hydrogen-bond acceptors (Lipinski definition) is 3. The molecule has 2 aromatic rings. The third-order valence-electron chi connectivity index (χ3n) is 3.25. The van der Waals surface area contributed by atoms with E-state index in [1.54, 1.807) is 25.2 Å². The lowest BCUT2D eigenvalue weighted by molar-refractivity contribution is -0.132. The van der Waals surface area contributed by atoms with Crippen LogP contribution in [0.4, 0.5) is 4.39 Å². The lowest BCUT2D eigenvalue weighted by Crippen LogP contribution is -2.31. The highest BCUT2D eigenvalue weighted by Gasteiger charge is 2.12. The molecule has 0 saturated heterocycles. The van der Waals surface area contributed by atoms with Crippen molar-refractivity contribution in [1.82, 2.24) is 4.90 Å². The molecular formula is C17H17BrFNO3. The number of ether oxygens (including phenoxy) is 2. The second kappa shape index (κ2) is 7.97. The first-order valence-electron chi connectivity index (χ1n) is 6.95. The van der Waals surface area contributed by atoms with Gasteiger partial charge in [-0.15, -0.1) is 0 Å². The zero-order chi connectivity index (χ0) is 16.8. The molecule has 0 aromatic heterocycles. The third-order valence-corrected chi connectivity index (χ3v) is 3.90. The van der Waals surface area contributed by atoms with Crippen LogP contribution in [0.5, 0.6) is 11.5 Å². The molecule has 0 radical (unpaired) electrons. The summed E-state index contributed by atoms with van der Waals surface area (Å²) in [5.74, 6) is 0.136. The fraction of sp³-hybridized carbons (Fsp3) is 0.235. The first kappa shape index (κ1) is 17.3. The van der Waals surface area contributed by atoms with Gasteiger partial charge in [0, 0.05) is 13.6 Å². The molecule has 1 amide bonds. The standard InChI is InChI=1S/C17H17BrFNO3/c1-20(10-12-7-8-16(22-2)14(19)9-12)17(21)11-23-15-6-4-3-5-13(15)18/h3-9H,10-11H2,1-2H3. The lowest BCUT2D eigenvalue weighted by Gasteiger charge is -2.18. The van der Waals surface area contributed by atoms with Crippen LogP contribution in [0.3, 0.4) is 0 Å². The smallest absolute Gasteiger partial charge is 0.260 e. The lowest BCUT2D eigenvalue weighted by atomic mass is 10.2. The molecule has 0 N–H and O–H groups in total. The maximum absolute atomic E-state index is 13.7. The predicted molar refractivity (Wildman–Crippen MR) is 89.1 cm³/mol. The number of hydrogen-bond donors (Lipinski definition) is 0. The Bertz CT molecular complexity index is 693. The highest BCUT2D eigenvalue weighted by atomic mass is 79.9. The molecule has 0 aliphatic rings. The molecule has 0 fully saturated rings. The quantitative estimate of drug-likeness (QED) is 0.766. The zero-order valence-electron chi connectivity index (χ0n) is 12.9. The van der Waals surface area contributed by atoms with Crippen LogP contribution < -0.4 is 9.47 Å². The summed E-state index contributed by atoms with van der Waals surface area (Å²) in [7, 11) is 3.06. The largest absolute Gasteiger partial charge is 0.494 e. The molecule has 6 heteroatoms. The van der Waals surface area contributed by atoms with Gasteiger partial charge in [-0.1, -0.05) is 18.2 Å². The van der Waals surface area contributed by atoms with Crippen LogP contribution in [0.1, 0.15) is 5.56 Å². The Labute approximate surface area is 142 Å². The minimum atomic E-state index is -0.449. The Kier molecular flexibility index (Phi) is 5.98. The zero-order valence-corrected chi connectivity index (χ0v) is 14.5.